The lowest BCUT2D eigenvalue weighted by Gasteiger charge is -2.14. The van der Waals surface area contributed by atoms with Gasteiger partial charge in [0.05, 0.1) is 10.7 Å². The number of hydrogen-bond acceptors (Lipinski definition) is 4. The number of pyridine rings is 1. The van der Waals surface area contributed by atoms with Crippen LogP contribution in [-0.4, -0.2) is 16.3 Å². The van der Waals surface area contributed by atoms with Crippen molar-refractivity contribution < 1.29 is 4.79 Å². The molecule has 0 radical (unpaired) electrons. The van der Waals surface area contributed by atoms with Crippen LogP contribution < -0.4 is 0 Å². The SMILES string of the molecule is CC(C)(C)c1csc(Cc2cncc(C=O)c2)n1. The van der Waals surface area contributed by atoms with E-state index < -0.39 is 0 Å². The Balaban J connectivity index is 2.18. The lowest BCUT2D eigenvalue weighted by molar-refractivity contribution is 0.112. The van der Waals surface area contributed by atoms with Crippen molar-refractivity contribution >= 4 is 17.6 Å². The summed E-state index contributed by atoms with van der Waals surface area (Å²) in [5.74, 6) is 0. The molecular weight excluding hydrogens is 244 g/mol. The molecule has 0 saturated carbocycles. The third-order valence-electron chi connectivity index (χ3n) is 2.63. The summed E-state index contributed by atoms with van der Waals surface area (Å²) < 4.78 is 0. The van der Waals surface area contributed by atoms with Crippen LogP contribution in [0.3, 0.4) is 0 Å². The Kier molecular flexibility index (Phi) is 3.57. The minimum atomic E-state index is 0.0810. The van der Waals surface area contributed by atoms with Gasteiger partial charge in [-0.25, -0.2) is 4.98 Å². The zero-order valence-corrected chi connectivity index (χ0v) is 11.6. The molecule has 18 heavy (non-hydrogen) atoms. The number of hydrogen-bond donors (Lipinski definition) is 0. The van der Waals surface area contributed by atoms with Crippen LogP contribution in [0.25, 0.3) is 0 Å². The number of nitrogens with zero attached hydrogens (tertiary/aromatic N) is 2. The molecule has 4 heteroatoms. The maximum absolute atomic E-state index is 10.7. The van der Waals surface area contributed by atoms with Crippen molar-refractivity contribution in [1.82, 2.24) is 9.97 Å². The number of aldehydes is 1. The van der Waals surface area contributed by atoms with Gasteiger partial charge in [0.15, 0.2) is 6.29 Å². The van der Waals surface area contributed by atoms with Gasteiger partial charge in [0, 0.05) is 35.2 Å². The fraction of sp³-hybridized carbons (Fsp3) is 0.357. The molecule has 94 valence electrons. The van der Waals surface area contributed by atoms with E-state index in [0.29, 0.717) is 5.56 Å². The Bertz CT molecular complexity index is 555. The standard InChI is InChI=1S/C14H16N2OS/c1-14(2,3)12-9-18-13(16-12)5-10-4-11(8-17)7-15-6-10/h4,6-9H,5H2,1-3H3. The lowest BCUT2D eigenvalue weighted by atomic mass is 9.93. The predicted molar refractivity (Wildman–Crippen MR) is 73.2 cm³/mol. The number of carbonyl (C=O) groups excluding carboxylic acids is 1. The molecule has 0 bridgehead atoms. The number of aromatic nitrogens is 2. The molecule has 0 fully saturated rings. The molecule has 0 amide bonds. The third-order valence-corrected chi connectivity index (χ3v) is 3.48. The van der Waals surface area contributed by atoms with Gasteiger partial charge in [-0.05, 0) is 11.6 Å². The molecule has 2 heterocycles. The van der Waals surface area contributed by atoms with Gasteiger partial charge in [-0.15, -0.1) is 11.3 Å². The number of thiazole rings is 1. The molecule has 0 aliphatic rings. The molecule has 0 aliphatic heterocycles. The first-order chi connectivity index (χ1) is 8.49. The molecule has 2 aromatic rings. The number of rotatable bonds is 3. The average Bonchev–Trinajstić information content (AvgIpc) is 2.77. The Morgan fingerprint density at radius 1 is 1.33 bits per heavy atom. The molecular formula is C14H16N2OS. The van der Waals surface area contributed by atoms with Crippen molar-refractivity contribution in [2.75, 3.05) is 0 Å². The van der Waals surface area contributed by atoms with Crippen LogP contribution in [0.5, 0.6) is 0 Å². The monoisotopic (exact) mass is 260 g/mol. The smallest absolute Gasteiger partial charge is 0.151 e. The summed E-state index contributed by atoms with van der Waals surface area (Å²) in [6.07, 6.45) is 4.90. The second kappa shape index (κ2) is 4.98. The van der Waals surface area contributed by atoms with E-state index in [1.54, 1.807) is 23.7 Å². The summed E-state index contributed by atoms with van der Waals surface area (Å²) in [6, 6.07) is 1.86. The van der Waals surface area contributed by atoms with Gasteiger partial charge in [0.25, 0.3) is 0 Å². The molecule has 0 aliphatic carbocycles. The Labute approximate surface area is 111 Å². The van der Waals surface area contributed by atoms with Crippen LogP contribution in [0.1, 0.15) is 47.4 Å². The molecule has 2 rings (SSSR count). The van der Waals surface area contributed by atoms with Crippen LogP contribution in [0.4, 0.5) is 0 Å². The molecule has 2 aromatic heterocycles. The molecule has 0 spiro atoms. The van der Waals surface area contributed by atoms with Crippen molar-refractivity contribution in [1.29, 1.82) is 0 Å². The van der Waals surface area contributed by atoms with E-state index in [0.717, 1.165) is 29.0 Å². The van der Waals surface area contributed by atoms with Gasteiger partial charge in [-0.1, -0.05) is 20.8 Å². The van der Waals surface area contributed by atoms with Crippen LogP contribution >= 0.6 is 11.3 Å². The predicted octanol–water partition coefficient (Wildman–Crippen LogP) is 3.24. The zero-order chi connectivity index (χ0) is 13.2. The first-order valence-electron chi connectivity index (χ1n) is 5.83. The van der Waals surface area contributed by atoms with E-state index in [2.05, 4.69) is 36.1 Å². The van der Waals surface area contributed by atoms with Crippen molar-refractivity contribution in [3.8, 4) is 0 Å². The van der Waals surface area contributed by atoms with Crippen molar-refractivity contribution in [3.63, 3.8) is 0 Å². The van der Waals surface area contributed by atoms with E-state index in [9.17, 15) is 4.79 Å². The molecule has 0 saturated heterocycles. The van der Waals surface area contributed by atoms with Gasteiger partial charge < -0.3 is 0 Å². The summed E-state index contributed by atoms with van der Waals surface area (Å²) in [5, 5.41) is 3.16. The minimum absolute atomic E-state index is 0.0810. The summed E-state index contributed by atoms with van der Waals surface area (Å²) in [6.45, 7) is 6.46. The second-order valence-corrected chi connectivity index (χ2v) is 6.24. The normalized spacial score (nSPS) is 11.5. The van der Waals surface area contributed by atoms with Gasteiger partial charge in [-0.2, -0.15) is 0 Å². The largest absolute Gasteiger partial charge is 0.298 e. The summed E-state index contributed by atoms with van der Waals surface area (Å²) in [7, 11) is 0. The third kappa shape index (κ3) is 3.01. The fourth-order valence-electron chi connectivity index (χ4n) is 1.58. The van der Waals surface area contributed by atoms with Gasteiger partial charge in [0.1, 0.15) is 0 Å². The van der Waals surface area contributed by atoms with Crippen LogP contribution in [0.2, 0.25) is 0 Å². The van der Waals surface area contributed by atoms with E-state index in [1.165, 1.54) is 0 Å². The molecule has 3 nitrogen and oxygen atoms in total. The first kappa shape index (κ1) is 12.9. The topological polar surface area (TPSA) is 42.9 Å². The van der Waals surface area contributed by atoms with Gasteiger partial charge >= 0.3 is 0 Å². The minimum Gasteiger partial charge on any atom is -0.298 e. The first-order valence-corrected chi connectivity index (χ1v) is 6.71. The van der Waals surface area contributed by atoms with Crippen LogP contribution in [0.15, 0.2) is 23.8 Å². The van der Waals surface area contributed by atoms with Crippen molar-refractivity contribution in [3.05, 3.63) is 45.7 Å². The van der Waals surface area contributed by atoms with E-state index in [1.807, 2.05) is 6.07 Å². The summed E-state index contributed by atoms with van der Waals surface area (Å²) in [4.78, 5) is 19.4. The van der Waals surface area contributed by atoms with Gasteiger partial charge in [-0.3, -0.25) is 9.78 Å². The average molecular weight is 260 g/mol. The highest BCUT2D eigenvalue weighted by molar-refractivity contribution is 7.09. The fourth-order valence-corrected chi connectivity index (χ4v) is 2.63. The highest BCUT2D eigenvalue weighted by Crippen LogP contribution is 2.25. The Morgan fingerprint density at radius 2 is 2.11 bits per heavy atom. The van der Waals surface area contributed by atoms with Gasteiger partial charge in [0.2, 0.25) is 0 Å². The highest BCUT2D eigenvalue weighted by Gasteiger charge is 2.17. The molecule has 0 N–H and O–H groups in total. The summed E-state index contributed by atoms with van der Waals surface area (Å²) >= 11 is 1.66. The molecule has 0 atom stereocenters. The van der Waals surface area contributed by atoms with Crippen molar-refractivity contribution in [2.45, 2.75) is 32.6 Å². The summed E-state index contributed by atoms with van der Waals surface area (Å²) in [5.41, 5.74) is 2.83. The van der Waals surface area contributed by atoms with Crippen LogP contribution in [-0.2, 0) is 11.8 Å². The van der Waals surface area contributed by atoms with E-state index in [4.69, 9.17) is 0 Å². The molecule has 0 unspecified atom stereocenters. The van der Waals surface area contributed by atoms with E-state index >= 15 is 0 Å². The van der Waals surface area contributed by atoms with Crippen LogP contribution in [0, 0.1) is 0 Å². The Morgan fingerprint density at radius 3 is 2.72 bits per heavy atom. The van der Waals surface area contributed by atoms with Crippen molar-refractivity contribution in [2.24, 2.45) is 0 Å². The lowest BCUT2D eigenvalue weighted by Crippen LogP contribution is -2.11. The zero-order valence-electron chi connectivity index (χ0n) is 10.8. The highest BCUT2D eigenvalue weighted by atomic mass is 32.1. The maximum Gasteiger partial charge on any atom is 0.151 e. The second-order valence-electron chi connectivity index (χ2n) is 5.30. The Hall–Kier alpha value is -1.55. The number of carbonyl (C=O) groups is 1. The quantitative estimate of drug-likeness (QED) is 0.796. The van der Waals surface area contributed by atoms with E-state index in [-0.39, 0.29) is 5.41 Å². The molecule has 0 aromatic carbocycles. The maximum atomic E-state index is 10.7.